The van der Waals surface area contributed by atoms with Crippen molar-refractivity contribution in [3.05, 3.63) is 50.5 Å². The zero-order chi connectivity index (χ0) is 15.6. The van der Waals surface area contributed by atoms with E-state index in [2.05, 4.69) is 10.4 Å². The quantitative estimate of drug-likeness (QED) is 0.510. The molecule has 0 spiro atoms. The van der Waals surface area contributed by atoms with Crippen LogP contribution in [0.3, 0.4) is 0 Å². The van der Waals surface area contributed by atoms with Gasteiger partial charge in [0.15, 0.2) is 5.82 Å². The molecule has 0 fully saturated rings. The Morgan fingerprint density at radius 3 is 2.43 bits per heavy atom. The maximum atomic E-state index is 10.9. The average Bonchev–Trinajstić information content (AvgIpc) is 2.44. The number of nitrogens with zero attached hydrogens (tertiary/aromatic N) is 2. The molecular weight excluding hydrogens is 296 g/mol. The van der Waals surface area contributed by atoms with Crippen molar-refractivity contribution in [2.75, 3.05) is 5.43 Å². The van der Waals surface area contributed by atoms with E-state index in [1.165, 1.54) is 12.1 Å². The van der Waals surface area contributed by atoms with Crippen LogP contribution in [-0.2, 0) is 0 Å². The maximum Gasteiger partial charge on any atom is 0.278 e. The van der Waals surface area contributed by atoms with Gasteiger partial charge in [-0.25, -0.2) is 5.84 Å². The van der Waals surface area contributed by atoms with Crippen molar-refractivity contribution in [1.82, 2.24) is 4.98 Å². The summed E-state index contributed by atoms with van der Waals surface area (Å²) in [6.45, 7) is 3.69. The highest BCUT2D eigenvalue weighted by atomic mass is 35.5. The molecule has 0 unspecified atom stereocenters. The predicted molar refractivity (Wildman–Crippen MR) is 79.7 cm³/mol. The number of rotatable bonds is 4. The van der Waals surface area contributed by atoms with Crippen LogP contribution in [0.5, 0.6) is 11.6 Å². The van der Waals surface area contributed by atoms with E-state index in [1.54, 1.807) is 12.1 Å². The molecule has 0 aliphatic rings. The van der Waals surface area contributed by atoms with Gasteiger partial charge >= 0.3 is 0 Å². The van der Waals surface area contributed by atoms with Crippen molar-refractivity contribution in [1.29, 1.82) is 0 Å². The van der Waals surface area contributed by atoms with Crippen molar-refractivity contribution in [3.63, 3.8) is 0 Å². The number of halogens is 1. The molecular formula is C13H13ClN4O3. The number of nitrogens with one attached hydrogen (secondary N) is 1. The van der Waals surface area contributed by atoms with Crippen molar-refractivity contribution in [2.45, 2.75) is 13.8 Å². The van der Waals surface area contributed by atoms with Gasteiger partial charge in [0, 0.05) is 5.02 Å². The fourth-order valence-corrected chi connectivity index (χ4v) is 1.92. The first kappa shape index (κ1) is 15.0. The lowest BCUT2D eigenvalue weighted by molar-refractivity contribution is -0.384. The largest absolute Gasteiger partial charge is 0.439 e. The molecule has 2 aromatic rings. The van der Waals surface area contributed by atoms with Gasteiger partial charge in [0.2, 0.25) is 5.88 Å². The molecule has 7 nitrogen and oxygen atoms in total. The third-order valence-corrected chi connectivity index (χ3v) is 3.37. The van der Waals surface area contributed by atoms with Gasteiger partial charge in [-0.2, -0.15) is 4.98 Å². The summed E-state index contributed by atoms with van der Waals surface area (Å²) in [4.78, 5) is 14.3. The first-order valence-corrected chi connectivity index (χ1v) is 6.36. The minimum absolute atomic E-state index is 0.0678. The summed E-state index contributed by atoms with van der Waals surface area (Å²) in [7, 11) is 0. The Labute approximate surface area is 125 Å². The standard InChI is InChI=1S/C13H13ClN4O3/c1-7-3-10(4-8(2)13(7)14)21-12-6-9(18(19)20)5-11(16-12)17-15/h3-6H,15H2,1-2H3,(H,16,17). The lowest BCUT2D eigenvalue weighted by atomic mass is 10.1. The first-order valence-electron chi connectivity index (χ1n) is 5.98. The van der Waals surface area contributed by atoms with E-state index < -0.39 is 4.92 Å². The van der Waals surface area contributed by atoms with E-state index in [9.17, 15) is 10.1 Å². The molecule has 110 valence electrons. The Balaban J connectivity index is 2.39. The Bertz CT molecular complexity index is 683. The lowest BCUT2D eigenvalue weighted by Gasteiger charge is -2.10. The van der Waals surface area contributed by atoms with E-state index >= 15 is 0 Å². The molecule has 1 heterocycles. The van der Waals surface area contributed by atoms with Gasteiger partial charge in [-0.05, 0) is 37.1 Å². The molecule has 1 aromatic carbocycles. The lowest BCUT2D eigenvalue weighted by Crippen LogP contribution is -2.09. The summed E-state index contributed by atoms with van der Waals surface area (Å²) in [5, 5.41) is 11.5. The SMILES string of the molecule is Cc1cc(Oc2cc([N+](=O)[O-])cc(NN)n2)cc(C)c1Cl. The zero-order valence-corrected chi connectivity index (χ0v) is 12.1. The van der Waals surface area contributed by atoms with Crippen LogP contribution in [0.25, 0.3) is 0 Å². The monoisotopic (exact) mass is 308 g/mol. The molecule has 0 aliphatic carbocycles. The van der Waals surface area contributed by atoms with Crippen LogP contribution in [0.15, 0.2) is 24.3 Å². The molecule has 21 heavy (non-hydrogen) atoms. The predicted octanol–water partition coefficient (Wildman–Crippen LogP) is 3.34. The molecule has 0 atom stereocenters. The number of aromatic nitrogens is 1. The van der Waals surface area contributed by atoms with Crippen molar-refractivity contribution < 1.29 is 9.66 Å². The topological polar surface area (TPSA) is 103 Å². The van der Waals surface area contributed by atoms with Gasteiger partial charge in [0.1, 0.15) is 5.75 Å². The minimum atomic E-state index is -0.548. The molecule has 3 N–H and O–H groups in total. The normalized spacial score (nSPS) is 10.3. The fourth-order valence-electron chi connectivity index (χ4n) is 1.81. The van der Waals surface area contributed by atoms with Crippen LogP contribution in [-0.4, -0.2) is 9.91 Å². The van der Waals surface area contributed by atoms with E-state index in [-0.39, 0.29) is 17.4 Å². The Morgan fingerprint density at radius 1 is 1.29 bits per heavy atom. The second-order valence-electron chi connectivity index (χ2n) is 4.42. The number of benzene rings is 1. The van der Waals surface area contributed by atoms with Gasteiger partial charge < -0.3 is 10.2 Å². The second kappa shape index (κ2) is 5.94. The maximum absolute atomic E-state index is 10.9. The summed E-state index contributed by atoms with van der Waals surface area (Å²) in [5.41, 5.74) is 3.78. The summed E-state index contributed by atoms with van der Waals surface area (Å²) in [6, 6.07) is 5.89. The first-order chi connectivity index (χ1) is 9.90. The highest BCUT2D eigenvalue weighted by Gasteiger charge is 2.13. The third kappa shape index (κ3) is 3.39. The van der Waals surface area contributed by atoms with Crippen LogP contribution < -0.4 is 16.0 Å². The van der Waals surface area contributed by atoms with Crippen LogP contribution >= 0.6 is 11.6 Å². The Hall–Kier alpha value is -2.38. The number of pyridine rings is 1. The Kier molecular flexibility index (Phi) is 4.25. The molecule has 2 rings (SSSR count). The number of nitrogen functional groups attached to an aromatic ring is 1. The summed E-state index contributed by atoms with van der Waals surface area (Å²) >= 11 is 6.08. The number of hydrogen-bond acceptors (Lipinski definition) is 6. The van der Waals surface area contributed by atoms with Crippen molar-refractivity contribution in [2.24, 2.45) is 5.84 Å². The number of hydrogen-bond donors (Lipinski definition) is 2. The summed E-state index contributed by atoms with van der Waals surface area (Å²) in [5.74, 6) is 5.94. The summed E-state index contributed by atoms with van der Waals surface area (Å²) in [6.07, 6.45) is 0. The highest BCUT2D eigenvalue weighted by molar-refractivity contribution is 6.32. The van der Waals surface area contributed by atoms with Crippen LogP contribution in [0.4, 0.5) is 11.5 Å². The summed E-state index contributed by atoms with van der Waals surface area (Å²) < 4.78 is 5.56. The smallest absolute Gasteiger partial charge is 0.278 e. The van der Waals surface area contributed by atoms with Crippen LogP contribution in [0.2, 0.25) is 5.02 Å². The van der Waals surface area contributed by atoms with E-state index in [4.69, 9.17) is 22.2 Å². The molecule has 0 amide bonds. The second-order valence-corrected chi connectivity index (χ2v) is 4.80. The van der Waals surface area contributed by atoms with Gasteiger partial charge in [0.25, 0.3) is 5.69 Å². The molecule has 0 saturated carbocycles. The van der Waals surface area contributed by atoms with E-state index in [0.29, 0.717) is 10.8 Å². The van der Waals surface area contributed by atoms with Crippen LogP contribution in [0.1, 0.15) is 11.1 Å². The molecule has 0 aliphatic heterocycles. The third-order valence-electron chi connectivity index (χ3n) is 2.78. The number of hydrazine groups is 1. The number of aryl methyl sites for hydroxylation is 2. The molecule has 0 bridgehead atoms. The molecule has 1 aromatic heterocycles. The van der Waals surface area contributed by atoms with Crippen molar-refractivity contribution >= 4 is 23.1 Å². The minimum Gasteiger partial charge on any atom is -0.439 e. The number of ether oxygens (including phenoxy) is 1. The van der Waals surface area contributed by atoms with Gasteiger partial charge in [-0.3, -0.25) is 10.1 Å². The number of anilines is 1. The number of nitrogens with two attached hydrogens (primary N) is 1. The van der Waals surface area contributed by atoms with Crippen LogP contribution in [0, 0.1) is 24.0 Å². The number of nitro groups is 1. The molecule has 0 radical (unpaired) electrons. The van der Waals surface area contributed by atoms with Gasteiger partial charge in [-0.1, -0.05) is 11.6 Å². The van der Waals surface area contributed by atoms with E-state index in [0.717, 1.165) is 11.1 Å². The van der Waals surface area contributed by atoms with Gasteiger partial charge in [0.05, 0.1) is 17.1 Å². The highest BCUT2D eigenvalue weighted by Crippen LogP contribution is 2.30. The van der Waals surface area contributed by atoms with E-state index in [1.807, 2.05) is 13.8 Å². The van der Waals surface area contributed by atoms with Crippen molar-refractivity contribution in [3.8, 4) is 11.6 Å². The Morgan fingerprint density at radius 2 is 1.90 bits per heavy atom. The molecule has 0 saturated heterocycles. The molecule has 8 heteroatoms. The zero-order valence-electron chi connectivity index (χ0n) is 11.4. The van der Waals surface area contributed by atoms with Gasteiger partial charge in [-0.15, -0.1) is 0 Å². The fraction of sp³-hybridized carbons (Fsp3) is 0.154. The average molecular weight is 309 g/mol.